The van der Waals surface area contributed by atoms with Gasteiger partial charge in [0.2, 0.25) is 0 Å². The second-order valence-corrected chi connectivity index (χ2v) is 5.56. The van der Waals surface area contributed by atoms with Gasteiger partial charge in [-0.2, -0.15) is 5.10 Å². The molecule has 0 bridgehead atoms. The number of benzene rings is 1. The minimum Gasteiger partial charge on any atom is -0.276 e. The standard InChI is InChI=1S/C15H18BrFN2/c1-19-11-14(10-18-19)3-2-13(9-16)8-12-4-6-15(17)7-5-12/h4-7,10-11,13H,2-3,8-9H2,1H3. The van der Waals surface area contributed by atoms with E-state index in [0.717, 1.165) is 24.6 Å². The Morgan fingerprint density at radius 3 is 2.58 bits per heavy atom. The second kappa shape index (κ2) is 6.85. The largest absolute Gasteiger partial charge is 0.276 e. The van der Waals surface area contributed by atoms with Crippen LogP contribution in [-0.2, 0) is 19.9 Å². The molecule has 0 aliphatic rings. The third-order valence-electron chi connectivity index (χ3n) is 3.26. The van der Waals surface area contributed by atoms with Gasteiger partial charge in [0.25, 0.3) is 0 Å². The Balaban J connectivity index is 1.87. The molecule has 1 heterocycles. The Kier molecular flexibility index (Phi) is 5.14. The van der Waals surface area contributed by atoms with Gasteiger partial charge in [-0.25, -0.2) is 4.39 Å². The molecule has 102 valence electrons. The van der Waals surface area contributed by atoms with Crippen molar-refractivity contribution in [3.63, 3.8) is 0 Å². The molecule has 0 N–H and O–H groups in total. The molecular formula is C15H18BrFN2. The van der Waals surface area contributed by atoms with Crippen LogP contribution >= 0.6 is 15.9 Å². The molecule has 1 aromatic heterocycles. The van der Waals surface area contributed by atoms with Crippen LogP contribution in [0.2, 0.25) is 0 Å². The SMILES string of the molecule is Cn1cc(CCC(CBr)Cc2ccc(F)cc2)cn1. The fourth-order valence-electron chi connectivity index (χ4n) is 2.16. The summed E-state index contributed by atoms with van der Waals surface area (Å²) in [4.78, 5) is 0. The van der Waals surface area contributed by atoms with Crippen LogP contribution in [0.4, 0.5) is 4.39 Å². The molecular weight excluding hydrogens is 307 g/mol. The van der Waals surface area contributed by atoms with Crippen LogP contribution in [0.25, 0.3) is 0 Å². The third-order valence-corrected chi connectivity index (χ3v) is 4.17. The molecule has 0 amide bonds. The first kappa shape index (κ1) is 14.3. The molecule has 0 saturated carbocycles. The van der Waals surface area contributed by atoms with Crippen molar-refractivity contribution in [3.8, 4) is 0 Å². The van der Waals surface area contributed by atoms with E-state index in [1.165, 1.54) is 23.3 Å². The molecule has 1 atom stereocenters. The van der Waals surface area contributed by atoms with Gasteiger partial charge in [0, 0.05) is 18.6 Å². The van der Waals surface area contributed by atoms with E-state index in [1.54, 1.807) is 0 Å². The Morgan fingerprint density at radius 1 is 1.26 bits per heavy atom. The van der Waals surface area contributed by atoms with E-state index < -0.39 is 0 Å². The summed E-state index contributed by atoms with van der Waals surface area (Å²) in [6.45, 7) is 0. The maximum absolute atomic E-state index is 12.9. The number of aromatic nitrogens is 2. The van der Waals surface area contributed by atoms with E-state index in [9.17, 15) is 4.39 Å². The highest BCUT2D eigenvalue weighted by molar-refractivity contribution is 9.09. The molecule has 0 spiro atoms. The minimum atomic E-state index is -0.172. The van der Waals surface area contributed by atoms with Crippen LogP contribution in [0.3, 0.4) is 0 Å². The smallest absolute Gasteiger partial charge is 0.123 e. The maximum Gasteiger partial charge on any atom is 0.123 e. The summed E-state index contributed by atoms with van der Waals surface area (Å²) in [5, 5.41) is 5.14. The van der Waals surface area contributed by atoms with E-state index in [1.807, 2.05) is 30.1 Å². The number of alkyl halides is 1. The molecule has 0 aliphatic carbocycles. The molecule has 2 nitrogen and oxygen atoms in total. The molecule has 1 aromatic carbocycles. The lowest BCUT2D eigenvalue weighted by Gasteiger charge is -2.13. The topological polar surface area (TPSA) is 17.8 Å². The summed E-state index contributed by atoms with van der Waals surface area (Å²) in [6, 6.07) is 6.80. The highest BCUT2D eigenvalue weighted by Gasteiger charge is 2.09. The Bertz CT molecular complexity index is 507. The summed E-state index contributed by atoms with van der Waals surface area (Å²) in [7, 11) is 1.93. The normalized spacial score (nSPS) is 12.6. The Morgan fingerprint density at radius 2 is 2.00 bits per heavy atom. The van der Waals surface area contributed by atoms with E-state index in [4.69, 9.17) is 0 Å². The van der Waals surface area contributed by atoms with Crippen LogP contribution in [0.1, 0.15) is 17.5 Å². The molecule has 1 unspecified atom stereocenters. The van der Waals surface area contributed by atoms with Crippen molar-refractivity contribution in [1.29, 1.82) is 0 Å². The average Bonchev–Trinajstić information content (AvgIpc) is 2.82. The lowest BCUT2D eigenvalue weighted by atomic mass is 9.95. The van der Waals surface area contributed by atoms with Crippen LogP contribution < -0.4 is 0 Å². The first-order valence-electron chi connectivity index (χ1n) is 6.45. The van der Waals surface area contributed by atoms with Crippen molar-refractivity contribution >= 4 is 15.9 Å². The average molecular weight is 325 g/mol. The van der Waals surface area contributed by atoms with Crippen LogP contribution in [0, 0.1) is 11.7 Å². The highest BCUT2D eigenvalue weighted by Crippen LogP contribution is 2.18. The Hall–Kier alpha value is -1.16. The molecule has 0 aliphatic heterocycles. The van der Waals surface area contributed by atoms with Gasteiger partial charge in [0.05, 0.1) is 6.20 Å². The summed E-state index contributed by atoms with van der Waals surface area (Å²) in [5.74, 6) is 0.389. The van der Waals surface area contributed by atoms with Crippen molar-refractivity contribution in [2.24, 2.45) is 13.0 Å². The number of halogens is 2. The molecule has 0 radical (unpaired) electrons. The van der Waals surface area contributed by atoms with E-state index in [0.29, 0.717) is 5.92 Å². The van der Waals surface area contributed by atoms with Gasteiger partial charge in [-0.1, -0.05) is 28.1 Å². The number of hydrogen-bond acceptors (Lipinski definition) is 1. The summed E-state index contributed by atoms with van der Waals surface area (Å²) >= 11 is 3.57. The van der Waals surface area contributed by atoms with Gasteiger partial charge < -0.3 is 0 Å². The van der Waals surface area contributed by atoms with Crippen molar-refractivity contribution in [1.82, 2.24) is 9.78 Å². The monoisotopic (exact) mass is 324 g/mol. The predicted octanol–water partition coefficient (Wildman–Crippen LogP) is 3.75. The van der Waals surface area contributed by atoms with Gasteiger partial charge in [-0.05, 0) is 48.4 Å². The third kappa shape index (κ3) is 4.46. The van der Waals surface area contributed by atoms with E-state index >= 15 is 0 Å². The highest BCUT2D eigenvalue weighted by atomic mass is 79.9. The van der Waals surface area contributed by atoms with Crippen molar-refractivity contribution in [2.75, 3.05) is 5.33 Å². The predicted molar refractivity (Wildman–Crippen MR) is 78.9 cm³/mol. The zero-order valence-electron chi connectivity index (χ0n) is 11.0. The fraction of sp³-hybridized carbons (Fsp3) is 0.400. The summed E-state index contributed by atoms with van der Waals surface area (Å²) in [6.07, 6.45) is 7.10. The zero-order chi connectivity index (χ0) is 13.7. The lowest BCUT2D eigenvalue weighted by Crippen LogP contribution is -2.07. The van der Waals surface area contributed by atoms with Crippen LogP contribution in [0.5, 0.6) is 0 Å². The Labute approximate surface area is 121 Å². The first-order chi connectivity index (χ1) is 9.17. The lowest BCUT2D eigenvalue weighted by molar-refractivity contribution is 0.541. The van der Waals surface area contributed by atoms with Gasteiger partial charge in [0.15, 0.2) is 0 Å². The maximum atomic E-state index is 12.9. The van der Waals surface area contributed by atoms with Crippen LogP contribution in [0.15, 0.2) is 36.7 Å². The molecule has 4 heteroatoms. The van der Waals surface area contributed by atoms with Gasteiger partial charge in [-0.3, -0.25) is 4.68 Å². The second-order valence-electron chi connectivity index (χ2n) is 4.91. The summed E-state index contributed by atoms with van der Waals surface area (Å²) in [5.41, 5.74) is 2.46. The van der Waals surface area contributed by atoms with Crippen molar-refractivity contribution < 1.29 is 4.39 Å². The van der Waals surface area contributed by atoms with Crippen molar-refractivity contribution in [2.45, 2.75) is 19.3 Å². The minimum absolute atomic E-state index is 0.172. The quantitative estimate of drug-likeness (QED) is 0.740. The number of aryl methyl sites for hydroxylation is 2. The number of rotatable bonds is 6. The molecule has 0 saturated heterocycles. The number of hydrogen-bond donors (Lipinski definition) is 0. The first-order valence-corrected chi connectivity index (χ1v) is 7.57. The van der Waals surface area contributed by atoms with Crippen LogP contribution in [-0.4, -0.2) is 15.1 Å². The van der Waals surface area contributed by atoms with Gasteiger partial charge in [-0.15, -0.1) is 0 Å². The number of nitrogens with zero attached hydrogens (tertiary/aromatic N) is 2. The van der Waals surface area contributed by atoms with E-state index in [2.05, 4.69) is 27.2 Å². The molecule has 2 aromatic rings. The summed E-state index contributed by atoms with van der Waals surface area (Å²) < 4.78 is 14.7. The fourth-order valence-corrected chi connectivity index (χ4v) is 2.71. The molecule has 0 fully saturated rings. The van der Waals surface area contributed by atoms with Gasteiger partial charge >= 0.3 is 0 Å². The van der Waals surface area contributed by atoms with E-state index in [-0.39, 0.29) is 5.82 Å². The molecule has 2 rings (SSSR count). The zero-order valence-corrected chi connectivity index (χ0v) is 12.6. The molecule has 19 heavy (non-hydrogen) atoms. The van der Waals surface area contributed by atoms with Crippen molar-refractivity contribution in [3.05, 3.63) is 53.6 Å². The van der Waals surface area contributed by atoms with Gasteiger partial charge in [0.1, 0.15) is 5.82 Å².